The first-order valence-electron chi connectivity index (χ1n) is 5.49. The van der Waals surface area contributed by atoms with Crippen LogP contribution in [0.15, 0.2) is 0 Å². The predicted molar refractivity (Wildman–Crippen MR) is 67.6 cm³/mol. The van der Waals surface area contributed by atoms with E-state index < -0.39 is 11.6 Å². The van der Waals surface area contributed by atoms with E-state index in [1.165, 1.54) is 11.3 Å². The van der Waals surface area contributed by atoms with Crippen molar-refractivity contribution in [2.45, 2.75) is 45.3 Å². The van der Waals surface area contributed by atoms with E-state index in [-0.39, 0.29) is 11.2 Å². The quantitative estimate of drug-likeness (QED) is 0.809. The third kappa shape index (κ3) is 1.93. The van der Waals surface area contributed by atoms with Crippen LogP contribution < -0.4 is 5.73 Å². The molecule has 1 aromatic rings. The van der Waals surface area contributed by atoms with Gasteiger partial charge in [-0.3, -0.25) is 0 Å². The van der Waals surface area contributed by atoms with E-state index in [0.29, 0.717) is 11.4 Å². The number of hydrogen-bond acceptors (Lipinski definition) is 4. The Morgan fingerprint density at radius 2 is 2.00 bits per heavy atom. The van der Waals surface area contributed by atoms with Gasteiger partial charge in [-0.05, 0) is 33.3 Å². The highest BCUT2D eigenvalue weighted by Gasteiger charge is 2.42. The Kier molecular flexibility index (Phi) is 2.52. The van der Waals surface area contributed by atoms with Crippen molar-refractivity contribution >= 4 is 22.3 Å². The van der Waals surface area contributed by atoms with Gasteiger partial charge < -0.3 is 15.6 Å². The van der Waals surface area contributed by atoms with E-state index in [1.807, 2.05) is 27.7 Å². The number of rotatable bonds is 1. The van der Waals surface area contributed by atoms with Crippen LogP contribution in [0, 0.1) is 0 Å². The summed E-state index contributed by atoms with van der Waals surface area (Å²) in [5.41, 5.74) is 6.06. The number of nitrogens with two attached hydrogens (primary N) is 1. The van der Waals surface area contributed by atoms with Crippen molar-refractivity contribution in [2.24, 2.45) is 0 Å². The lowest BCUT2D eigenvalue weighted by Gasteiger charge is -2.41. The van der Waals surface area contributed by atoms with Gasteiger partial charge in [-0.25, -0.2) is 4.79 Å². The number of aromatic carboxylic acids is 1. The number of thiophene rings is 1. The normalized spacial score (nSPS) is 20.9. The van der Waals surface area contributed by atoms with Crippen LogP contribution in [0.25, 0.3) is 0 Å². The minimum atomic E-state index is -0.950. The highest BCUT2D eigenvalue weighted by Crippen LogP contribution is 2.47. The molecule has 2 rings (SSSR count). The zero-order valence-electron chi connectivity index (χ0n) is 10.5. The summed E-state index contributed by atoms with van der Waals surface area (Å²) in [7, 11) is 0. The molecule has 1 aliphatic heterocycles. The summed E-state index contributed by atoms with van der Waals surface area (Å²) < 4.78 is 6.00. The standard InChI is InChI=1S/C12H17NO3S/c1-11(2)5-6-7(10(14)15)9(13)17-8(6)12(3,4)16-11/h5,13H2,1-4H3,(H,14,15). The van der Waals surface area contributed by atoms with Crippen molar-refractivity contribution < 1.29 is 14.6 Å². The molecule has 17 heavy (non-hydrogen) atoms. The lowest BCUT2D eigenvalue weighted by molar-refractivity contribution is -0.135. The highest BCUT2D eigenvalue weighted by molar-refractivity contribution is 7.16. The maximum atomic E-state index is 11.3. The molecule has 0 saturated carbocycles. The summed E-state index contributed by atoms with van der Waals surface area (Å²) >= 11 is 1.32. The van der Waals surface area contributed by atoms with Crippen molar-refractivity contribution in [1.29, 1.82) is 0 Å². The third-order valence-electron chi connectivity index (χ3n) is 2.93. The van der Waals surface area contributed by atoms with Crippen LogP contribution in [0.3, 0.4) is 0 Å². The minimum absolute atomic E-state index is 0.259. The van der Waals surface area contributed by atoms with Crippen LogP contribution in [0.1, 0.15) is 48.5 Å². The number of nitrogen functional groups attached to an aromatic ring is 1. The van der Waals surface area contributed by atoms with Crippen LogP contribution in [-0.4, -0.2) is 16.7 Å². The fourth-order valence-electron chi connectivity index (χ4n) is 2.57. The second kappa shape index (κ2) is 3.46. The smallest absolute Gasteiger partial charge is 0.338 e. The zero-order chi connectivity index (χ0) is 13.0. The van der Waals surface area contributed by atoms with Gasteiger partial charge in [-0.1, -0.05) is 0 Å². The number of anilines is 1. The Labute approximate surface area is 104 Å². The van der Waals surface area contributed by atoms with Crippen LogP contribution >= 0.6 is 11.3 Å². The Bertz CT molecular complexity index is 488. The molecule has 3 N–H and O–H groups in total. The van der Waals surface area contributed by atoms with Crippen molar-refractivity contribution in [2.75, 3.05) is 5.73 Å². The summed E-state index contributed by atoms with van der Waals surface area (Å²) in [6.07, 6.45) is 0.584. The zero-order valence-corrected chi connectivity index (χ0v) is 11.3. The van der Waals surface area contributed by atoms with E-state index in [2.05, 4.69) is 0 Å². The molecule has 0 atom stereocenters. The first-order valence-corrected chi connectivity index (χ1v) is 6.31. The largest absolute Gasteiger partial charge is 0.478 e. The number of carboxylic acids is 1. The van der Waals surface area contributed by atoms with Gasteiger partial charge in [0.2, 0.25) is 0 Å². The minimum Gasteiger partial charge on any atom is -0.478 e. The van der Waals surface area contributed by atoms with Gasteiger partial charge in [-0.15, -0.1) is 11.3 Å². The molecule has 2 heterocycles. The number of carbonyl (C=O) groups is 1. The van der Waals surface area contributed by atoms with Crippen LogP contribution in [-0.2, 0) is 16.8 Å². The molecule has 0 bridgehead atoms. The van der Waals surface area contributed by atoms with Crippen molar-refractivity contribution in [1.82, 2.24) is 0 Å². The monoisotopic (exact) mass is 255 g/mol. The Hall–Kier alpha value is -1.07. The molecular weight excluding hydrogens is 238 g/mol. The van der Waals surface area contributed by atoms with Gasteiger partial charge >= 0.3 is 5.97 Å². The molecule has 0 radical (unpaired) electrons. The van der Waals surface area contributed by atoms with Gasteiger partial charge in [0.15, 0.2) is 0 Å². The van der Waals surface area contributed by atoms with Crippen molar-refractivity contribution in [3.8, 4) is 0 Å². The molecule has 0 unspecified atom stereocenters. The first kappa shape index (κ1) is 12.4. The molecule has 94 valence electrons. The van der Waals surface area contributed by atoms with Gasteiger partial charge in [0.1, 0.15) is 5.00 Å². The summed E-state index contributed by atoms with van der Waals surface area (Å²) in [5.74, 6) is -0.950. The molecular formula is C12H17NO3S. The summed E-state index contributed by atoms with van der Waals surface area (Å²) in [6, 6.07) is 0. The molecule has 4 nitrogen and oxygen atoms in total. The maximum Gasteiger partial charge on any atom is 0.338 e. The molecule has 5 heteroatoms. The molecule has 1 aromatic heterocycles. The molecule has 1 aliphatic rings. The van der Waals surface area contributed by atoms with E-state index in [1.54, 1.807) is 0 Å². The number of fused-ring (bicyclic) bond motifs is 1. The predicted octanol–water partition coefficient (Wildman–Crippen LogP) is 2.61. The molecule has 0 fully saturated rings. The Balaban J connectivity index is 2.67. The van der Waals surface area contributed by atoms with Crippen molar-refractivity contribution in [3.05, 3.63) is 16.0 Å². The van der Waals surface area contributed by atoms with Gasteiger partial charge in [-0.2, -0.15) is 0 Å². The van der Waals surface area contributed by atoms with Gasteiger partial charge in [0.05, 0.1) is 16.8 Å². The molecule has 0 aromatic carbocycles. The van der Waals surface area contributed by atoms with Crippen LogP contribution in [0.5, 0.6) is 0 Å². The average Bonchev–Trinajstić information content (AvgIpc) is 2.38. The fraction of sp³-hybridized carbons (Fsp3) is 0.583. The lowest BCUT2D eigenvalue weighted by atomic mass is 9.86. The molecule has 0 amide bonds. The number of carboxylic acid groups (broad SMARTS) is 1. The Morgan fingerprint density at radius 3 is 2.53 bits per heavy atom. The number of ether oxygens (including phenoxy) is 1. The van der Waals surface area contributed by atoms with Gasteiger partial charge in [0.25, 0.3) is 0 Å². The van der Waals surface area contributed by atoms with E-state index in [4.69, 9.17) is 10.5 Å². The van der Waals surface area contributed by atoms with Gasteiger partial charge in [0, 0.05) is 11.3 Å². The summed E-state index contributed by atoms with van der Waals surface area (Å²) in [4.78, 5) is 12.2. The second-order valence-electron chi connectivity index (χ2n) is 5.50. The molecule has 0 aliphatic carbocycles. The fourth-order valence-corrected chi connectivity index (χ4v) is 3.69. The molecule has 0 spiro atoms. The second-order valence-corrected chi connectivity index (χ2v) is 6.56. The van der Waals surface area contributed by atoms with E-state index in [0.717, 1.165) is 10.4 Å². The van der Waals surface area contributed by atoms with Crippen LogP contribution in [0.4, 0.5) is 5.00 Å². The highest BCUT2D eigenvalue weighted by atomic mass is 32.1. The SMILES string of the molecule is CC1(C)Cc2c(sc(N)c2C(=O)O)C(C)(C)O1. The lowest BCUT2D eigenvalue weighted by Crippen LogP contribution is -2.41. The molecule has 0 saturated heterocycles. The maximum absolute atomic E-state index is 11.3. The summed E-state index contributed by atoms with van der Waals surface area (Å²) in [5, 5.41) is 9.61. The van der Waals surface area contributed by atoms with E-state index in [9.17, 15) is 9.90 Å². The first-order chi connectivity index (χ1) is 7.64. The van der Waals surface area contributed by atoms with Crippen LogP contribution in [0.2, 0.25) is 0 Å². The Morgan fingerprint density at radius 1 is 1.41 bits per heavy atom. The number of hydrogen-bond donors (Lipinski definition) is 2. The van der Waals surface area contributed by atoms with Crippen molar-refractivity contribution in [3.63, 3.8) is 0 Å². The average molecular weight is 255 g/mol. The third-order valence-corrected chi connectivity index (χ3v) is 4.30. The summed E-state index contributed by atoms with van der Waals surface area (Å²) in [6.45, 7) is 7.84. The van der Waals surface area contributed by atoms with E-state index >= 15 is 0 Å². The topological polar surface area (TPSA) is 72.6 Å².